The summed E-state index contributed by atoms with van der Waals surface area (Å²) in [6.45, 7) is 7.10. The number of ketones is 2. The van der Waals surface area contributed by atoms with E-state index in [0.717, 1.165) is 31.1 Å². The summed E-state index contributed by atoms with van der Waals surface area (Å²) < 4.78 is 30.3. The van der Waals surface area contributed by atoms with Crippen LogP contribution in [0.2, 0.25) is 0 Å². The Morgan fingerprint density at radius 3 is 2.56 bits per heavy atom. The number of Topliss-reactive ketones (excluding diaryl/α,β-unsaturated/α-hetero) is 2. The minimum Gasteiger partial charge on any atom is -0.399 e. The fourth-order valence-electron chi connectivity index (χ4n) is 8.20. The van der Waals surface area contributed by atoms with Gasteiger partial charge >= 0.3 is 0 Å². The molecule has 0 bridgehead atoms. The lowest BCUT2D eigenvalue weighted by atomic mass is 9.44. The van der Waals surface area contributed by atoms with Crippen molar-refractivity contribution in [2.24, 2.45) is 44.8 Å². The number of alkyl halides is 2. The van der Waals surface area contributed by atoms with Crippen molar-refractivity contribution in [2.45, 2.75) is 77.6 Å². The predicted octanol–water partition coefficient (Wildman–Crippen LogP) is 4.14. The van der Waals surface area contributed by atoms with Crippen LogP contribution < -0.4 is 0 Å². The molecule has 7 nitrogen and oxygen atoms in total. The number of hydrogen-bond acceptors (Lipinski definition) is 7. The van der Waals surface area contributed by atoms with Gasteiger partial charge in [0.25, 0.3) is 0 Å². The van der Waals surface area contributed by atoms with E-state index < -0.39 is 46.6 Å². The van der Waals surface area contributed by atoms with E-state index in [9.17, 15) is 14.0 Å². The number of hydrogen-bond donors (Lipinski definition) is 0. The second kappa shape index (κ2) is 9.76. The largest absolute Gasteiger partial charge is 0.399 e. The SMILES string of the molecule is CON=C1CC2C(C(=O)C(F)[C@]3(C)C(=O)C(F)CC23)[C@@]2(C)CCC(=NOCCN3CCCCC3)CC12. The van der Waals surface area contributed by atoms with Crippen LogP contribution in [0.5, 0.6) is 0 Å². The number of rotatable bonds is 5. The Bertz CT molecular complexity index is 951. The third-order valence-electron chi connectivity index (χ3n) is 10.2. The second-order valence-electron chi connectivity index (χ2n) is 12.0. The maximum atomic E-state index is 15.7. The van der Waals surface area contributed by atoms with Crippen LogP contribution in [0.4, 0.5) is 8.78 Å². The highest BCUT2D eigenvalue weighted by Gasteiger charge is 2.70. The van der Waals surface area contributed by atoms with Gasteiger partial charge in [-0.3, -0.25) is 14.5 Å². The van der Waals surface area contributed by atoms with Crippen LogP contribution in [0.1, 0.15) is 65.2 Å². The highest BCUT2D eigenvalue weighted by atomic mass is 19.1. The smallest absolute Gasteiger partial charge is 0.176 e. The molecular weight excluding hydrogens is 468 g/mol. The number of nitrogens with zero attached hydrogens (tertiary/aromatic N) is 3. The first-order valence-electron chi connectivity index (χ1n) is 13.6. The van der Waals surface area contributed by atoms with Gasteiger partial charge in [0.05, 0.1) is 16.8 Å². The van der Waals surface area contributed by atoms with Crippen LogP contribution in [0.3, 0.4) is 0 Å². The molecule has 0 spiro atoms. The first-order chi connectivity index (χ1) is 17.2. The van der Waals surface area contributed by atoms with Crippen molar-refractivity contribution in [3.63, 3.8) is 0 Å². The van der Waals surface area contributed by atoms with Crippen LogP contribution in [0, 0.1) is 34.5 Å². The van der Waals surface area contributed by atoms with E-state index in [1.54, 1.807) is 0 Å². The summed E-state index contributed by atoms with van der Waals surface area (Å²) in [7, 11) is 1.49. The molecule has 6 unspecified atom stereocenters. The lowest BCUT2D eigenvalue weighted by Crippen LogP contribution is -2.64. The van der Waals surface area contributed by atoms with Crippen molar-refractivity contribution >= 4 is 23.0 Å². The Hall–Kier alpha value is -1.90. The maximum absolute atomic E-state index is 15.7. The molecule has 5 aliphatic rings. The van der Waals surface area contributed by atoms with E-state index in [1.807, 2.05) is 6.92 Å². The molecule has 200 valence electrons. The molecule has 8 atom stereocenters. The molecule has 36 heavy (non-hydrogen) atoms. The molecule has 1 saturated heterocycles. The third kappa shape index (κ3) is 4.00. The standard InChI is InChI=1S/C27H39F2N3O4/c1-26-8-7-16(30-36-12-11-32-9-5-4-6-10-32)13-19(26)21(31-35-3)14-17-18-15-20(28)25(34)27(18,2)24(29)23(33)22(17)26/h17-20,22,24H,4-15H2,1-3H3/t17?,18?,19?,20?,22?,24?,26-,27+/m0/s1. The van der Waals surface area contributed by atoms with Crippen molar-refractivity contribution < 1.29 is 28.0 Å². The highest BCUT2D eigenvalue weighted by Crippen LogP contribution is 2.64. The Morgan fingerprint density at radius 2 is 1.83 bits per heavy atom. The van der Waals surface area contributed by atoms with Gasteiger partial charge in [-0.05, 0) is 82.2 Å². The molecule has 1 heterocycles. The number of halogens is 2. The van der Waals surface area contributed by atoms with Crippen molar-refractivity contribution in [3.05, 3.63) is 0 Å². The van der Waals surface area contributed by atoms with Crippen molar-refractivity contribution in [1.29, 1.82) is 0 Å². The number of carbonyl (C=O) groups is 2. The maximum Gasteiger partial charge on any atom is 0.176 e. The molecule has 0 aromatic rings. The van der Waals surface area contributed by atoms with Gasteiger partial charge in [0.15, 0.2) is 23.9 Å². The quantitative estimate of drug-likeness (QED) is 0.413. The number of fused-ring (bicyclic) bond motifs is 5. The minimum atomic E-state index is -1.97. The third-order valence-corrected chi connectivity index (χ3v) is 10.2. The van der Waals surface area contributed by atoms with Crippen LogP contribution in [0.15, 0.2) is 10.3 Å². The molecule has 5 rings (SSSR count). The van der Waals surface area contributed by atoms with E-state index in [-0.39, 0.29) is 18.3 Å². The average molecular weight is 508 g/mol. The summed E-state index contributed by atoms with van der Waals surface area (Å²) >= 11 is 0. The van der Waals surface area contributed by atoms with Crippen molar-refractivity contribution in [3.8, 4) is 0 Å². The van der Waals surface area contributed by atoms with Gasteiger partial charge < -0.3 is 9.68 Å². The first-order valence-corrected chi connectivity index (χ1v) is 13.6. The number of oxime groups is 2. The molecule has 1 aliphatic heterocycles. The summed E-state index contributed by atoms with van der Waals surface area (Å²) in [5.74, 6) is -2.87. The molecule has 0 aromatic carbocycles. The van der Waals surface area contributed by atoms with Crippen molar-refractivity contribution in [1.82, 2.24) is 4.90 Å². The molecule has 0 amide bonds. The van der Waals surface area contributed by atoms with Crippen LogP contribution in [0.25, 0.3) is 0 Å². The van der Waals surface area contributed by atoms with E-state index in [4.69, 9.17) is 9.68 Å². The molecule has 4 saturated carbocycles. The summed E-state index contributed by atoms with van der Waals surface area (Å²) in [6.07, 6.45) is 2.31. The summed E-state index contributed by atoms with van der Waals surface area (Å²) in [5, 5.41) is 8.79. The first kappa shape index (κ1) is 25.7. The zero-order valence-electron chi connectivity index (χ0n) is 21.7. The fraction of sp³-hybridized carbons (Fsp3) is 0.852. The monoisotopic (exact) mass is 507 g/mol. The van der Waals surface area contributed by atoms with Gasteiger partial charge in [-0.1, -0.05) is 23.7 Å². The number of carbonyl (C=O) groups excluding carboxylic acids is 2. The highest BCUT2D eigenvalue weighted by molar-refractivity contribution is 6.03. The van der Waals surface area contributed by atoms with Gasteiger partial charge in [0.2, 0.25) is 0 Å². The zero-order chi connectivity index (χ0) is 25.7. The van der Waals surface area contributed by atoms with Crippen LogP contribution in [-0.2, 0) is 19.3 Å². The van der Waals surface area contributed by atoms with Gasteiger partial charge in [0.1, 0.15) is 13.7 Å². The minimum absolute atomic E-state index is 0.0250. The van der Waals surface area contributed by atoms with E-state index in [1.165, 1.54) is 33.3 Å². The lowest BCUT2D eigenvalue weighted by molar-refractivity contribution is -0.163. The molecule has 4 aliphatic carbocycles. The molecular formula is C27H39F2N3O4. The van der Waals surface area contributed by atoms with Crippen LogP contribution >= 0.6 is 0 Å². The van der Waals surface area contributed by atoms with Gasteiger partial charge in [0, 0.05) is 18.4 Å². The summed E-state index contributed by atoms with van der Waals surface area (Å²) in [5.41, 5.74) is -0.442. The summed E-state index contributed by atoms with van der Waals surface area (Å²) in [6, 6.07) is 0. The lowest BCUT2D eigenvalue weighted by Gasteiger charge is -2.58. The Balaban J connectivity index is 1.36. The van der Waals surface area contributed by atoms with Gasteiger partial charge in [-0.2, -0.15) is 0 Å². The van der Waals surface area contributed by atoms with Crippen molar-refractivity contribution in [2.75, 3.05) is 33.4 Å². The topological polar surface area (TPSA) is 80.6 Å². The number of likely N-dealkylation sites (tertiary alicyclic amines) is 1. The fourth-order valence-corrected chi connectivity index (χ4v) is 8.20. The van der Waals surface area contributed by atoms with Crippen LogP contribution in [-0.4, -0.2) is 73.6 Å². The van der Waals surface area contributed by atoms with E-state index >= 15 is 4.39 Å². The number of piperidine rings is 1. The normalized spacial score (nSPS) is 45.4. The molecule has 0 N–H and O–H groups in total. The Kier molecular flexibility index (Phi) is 6.98. The second-order valence-corrected chi connectivity index (χ2v) is 12.0. The predicted molar refractivity (Wildman–Crippen MR) is 131 cm³/mol. The average Bonchev–Trinajstić information content (AvgIpc) is 3.11. The molecule has 0 aromatic heterocycles. The van der Waals surface area contributed by atoms with Gasteiger partial charge in [-0.25, -0.2) is 8.78 Å². The Morgan fingerprint density at radius 1 is 1.08 bits per heavy atom. The van der Waals surface area contributed by atoms with Gasteiger partial charge in [-0.15, -0.1) is 0 Å². The van der Waals surface area contributed by atoms with E-state index in [0.29, 0.717) is 32.3 Å². The van der Waals surface area contributed by atoms with E-state index in [2.05, 4.69) is 15.2 Å². The Labute approximate surface area is 212 Å². The zero-order valence-corrected chi connectivity index (χ0v) is 21.7. The molecule has 0 radical (unpaired) electrons. The molecule has 9 heteroatoms. The summed E-state index contributed by atoms with van der Waals surface area (Å²) in [4.78, 5) is 39.5. The molecule has 5 fully saturated rings.